The molecule has 7 nitrogen and oxygen atoms in total. The number of rotatable bonds is 4. The van der Waals surface area contributed by atoms with E-state index in [9.17, 15) is 9.59 Å². The molecule has 1 aromatic carbocycles. The Bertz CT molecular complexity index is 1150. The first-order valence-electron chi connectivity index (χ1n) is 14.8. The van der Waals surface area contributed by atoms with Crippen LogP contribution in [0.3, 0.4) is 0 Å². The van der Waals surface area contributed by atoms with Gasteiger partial charge >= 0.3 is 5.97 Å². The molecule has 4 aliphatic rings. The predicted octanol–water partition coefficient (Wildman–Crippen LogP) is 5.07. The van der Waals surface area contributed by atoms with Gasteiger partial charge in [0.2, 0.25) is 0 Å². The summed E-state index contributed by atoms with van der Waals surface area (Å²) in [6, 6.07) is 10.3. The number of hydrogen-bond donors (Lipinski definition) is 0. The molecule has 2 aromatic rings. The van der Waals surface area contributed by atoms with Gasteiger partial charge in [-0.15, -0.1) is 0 Å². The summed E-state index contributed by atoms with van der Waals surface area (Å²) < 4.78 is 7.06. The van der Waals surface area contributed by atoms with Crippen molar-refractivity contribution >= 4 is 22.8 Å². The second-order valence-electron chi connectivity index (χ2n) is 11.8. The number of nitrogens with zero attached hydrogens (tertiary/aromatic N) is 4. The van der Waals surface area contributed by atoms with Crippen LogP contribution in [0.25, 0.3) is 11.0 Å². The zero-order valence-corrected chi connectivity index (χ0v) is 22.3. The number of methoxy groups -OCH3 is 1. The fraction of sp³-hybridized carbons (Fsp3) is 0.700. The Morgan fingerprint density at radius 2 is 1.49 bits per heavy atom. The van der Waals surface area contributed by atoms with Crippen molar-refractivity contribution in [3.05, 3.63) is 34.6 Å². The van der Waals surface area contributed by atoms with Crippen LogP contribution >= 0.6 is 0 Å². The maximum Gasteiger partial charge on any atom is 0.308 e. The molecule has 2 bridgehead atoms. The zero-order chi connectivity index (χ0) is 25.4. The number of aromatic nitrogens is 2. The Morgan fingerprint density at radius 3 is 2.16 bits per heavy atom. The van der Waals surface area contributed by atoms with E-state index in [1.165, 1.54) is 64.9 Å². The smallest absolute Gasteiger partial charge is 0.308 e. The van der Waals surface area contributed by atoms with Gasteiger partial charge in [0.05, 0.1) is 24.1 Å². The van der Waals surface area contributed by atoms with Crippen molar-refractivity contribution in [3.8, 4) is 0 Å². The number of carbonyl (C=O) groups excluding carboxylic acids is 1. The lowest BCUT2D eigenvalue weighted by atomic mass is 9.89. The summed E-state index contributed by atoms with van der Waals surface area (Å²) in [6.07, 6.45) is 15.7. The van der Waals surface area contributed by atoms with Crippen molar-refractivity contribution in [3.63, 3.8) is 0 Å². The molecule has 1 unspecified atom stereocenters. The van der Waals surface area contributed by atoms with Crippen molar-refractivity contribution in [2.75, 3.05) is 25.1 Å². The summed E-state index contributed by atoms with van der Waals surface area (Å²) in [5, 5.41) is 0. The molecule has 200 valence electrons. The third-order valence-corrected chi connectivity index (χ3v) is 9.73. The third kappa shape index (κ3) is 4.80. The van der Waals surface area contributed by atoms with Gasteiger partial charge in [0.15, 0.2) is 5.82 Å². The summed E-state index contributed by atoms with van der Waals surface area (Å²) in [4.78, 5) is 36.0. The van der Waals surface area contributed by atoms with Gasteiger partial charge in [0, 0.05) is 37.3 Å². The van der Waals surface area contributed by atoms with Gasteiger partial charge in [-0.05, 0) is 63.5 Å². The molecule has 3 aliphatic heterocycles. The van der Waals surface area contributed by atoms with Gasteiger partial charge in [-0.2, -0.15) is 0 Å². The third-order valence-electron chi connectivity index (χ3n) is 9.73. The normalized spacial score (nSPS) is 28.2. The number of carbonyl (C=O) groups is 1. The first-order valence-corrected chi connectivity index (χ1v) is 14.8. The number of fused-ring (bicyclic) bond motifs is 3. The number of ether oxygens (including phenoxy) is 1. The second kappa shape index (κ2) is 10.8. The highest BCUT2D eigenvalue weighted by Crippen LogP contribution is 2.44. The zero-order valence-electron chi connectivity index (χ0n) is 22.3. The Balaban J connectivity index is 1.28. The minimum absolute atomic E-state index is 0.0408. The highest BCUT2D eigenvalue weighted by atomic mass is 16.5. The molecule has 0 spiro atoms. The van der Waals surface area contributed by atoms with Crippen LogP contribution in [0.1, 0.15) is 89.5 Å². The molecule has 4 heterocycles. The Morgan fingerprint density at radius 1 is 0.838 bits per heavy atom. The van der Waals surface area contributed by atoms with Crippen molar-refractivity contribution in [1.82, 2.24) is 14.5 Å². The van der Waals surface area contributed by atoms with E-state index in [2.05, 4.69) is 20.4 Å². The topological polar surface area (TPSA) is 67.7 Å². The number of piperidine rings is 2. The summed E-state index contributed by atoms with van der Waals surface area (Å²) in [5.74, 6) is 0.323. The number of benzene rings is 1. The van der Waals surface area contributed by atoms with E-state index in [0.717, 1.165) is 29.9 Å². The molecule has 37 heavy (non-hydrogen) atoms. The molecular formula is C30H42N4O3. The lowest BCUT2D eigenvalue weighted by molar-refractivity contribution is -0.146. The predicted molar refractivity (Wildman–Crippen MR) is 146 cm³/mol. The monoisotopic (exact) mass is 506 g/mol. The average molecular weight is 507 g/mol. The molecule has 3 saturated heterocycles. The first kappa shape index (κ1) is 24.9. The maximum absolute atomic E-state index is 14.1. The standard InChI is InChI=1S/C30H42N4O3/c1-37-30(36)21-15-17-32(18-16-21)28-29(35)34(27-12-8-7-11-26(27)31-28)25-19-23-13-14-24(20-25)33(23)22-9-5-3-2-4-6-10-22/h7-8,11-12,21-25H,2-6,9-10,13-20H2,1H3/t23-,24+,25?. The van der Waals surface area contributed by atoms with Gasteiger partial charge in [0.1, 0.15) is 0 Å². The van der Waals surface area contributed by atoms with E-state index < -0.39 is 0 Å². The number of hydrogen-bond acceptors (Lipinski definition) is 6. The summed E-state index contributed by atoms with van der Waals surface area (Å²) in [5.41, 5.74) is 1.89. The van der Waals surface area contributed by atoms with Crippen LogP contribution in [0, 0.1) is 5.92 Å². The van der Waals surface area contributed by atoms with Crippen LogP contribution in [-0.2, 0) is 9.53 Å². The van der Waals surface area contributed by atoms with Crippen LogP contribution in [0.2, 0.25) is 0 Å². The van der Waals surface area contributed by atoms with E-state index in [-0.39, 0.29) is 23.5 Å². The fourth-order valence-corrected chi connectivity index (χ4v) is 7.93. The highest BCUT2D eigenvalue weighted by molar-refractivity contribution is 5.77. The van der Waals surface area contributed by atoms with Gasteiger partial charge in [-0.25, -0.2) is 4.98 Å². The SMILES string of the molecule is COC(=O)C1CCN(c2nc3ccccc3n(C3C[C@H]4CC[C@@H](C3)N4C3CCCCCCC3)c2=O)CC1. The molecule has 3 atom stereocenters. The van der Waals surface area contributed by atoms with Gasteiger partial charge < -0.3 is 14.2 Å². The molecule has 0 amide bonds. The van der Waals surface area contributed by atoms with E-state index >= 15 is 0 Å². The van der Waals surface area contributed by atoms with Gasteiger partial charge in [-0.3, -0.25) is 14.5 Å². The summed E-state index contributed by atoms with van der Waals surface area (Å²) in [6.45, 7) is 1.32. The lowest BCUT2D eigenvalue weighted by Gasteiger charge is -2.45. The minimum Gasteiger partial charge on any atom is -0.469 e. The molecule has 7 heteroatoms. The minimum atomic E-state index is -0.143. The largest absolute Gasteiger partial charge is 0.469 e. The molecule has 1 saturated carbocycles. The van der Waals surface area contributed by atoms with Crippen molar-refractivity contribution in [2.24, 2.45) is 5.92 Å². The van der Waals surface area contributed by atoms with Crippen LogP contribution < -0.4 is 10.5 Å². The maximum atomic E-state index is 14.1. The second-order valence-corrected chi connectivity index (χ2v) is 11.8. The number of para-hydroxylation sites is 2. The van der Waals surface area contributed by atoms with E-state index in [1.807, 2.05) is 18.2 Å². The average Bonchev–Trinajstić information content (AvgIpc) is 3.16. The Kier molecular flexibility index (Phi) is 7.24. The van der Waals surface area contributed by atoms with E-state index in [0.29, 0.717) is 43.8 Å². The summed E-state index contributed by atoms with van der Waals surface area (Å²) in [7, 11) is 1.45. The summed E-state index contributed by atoms with van der Waals surface area (Å²) >= 11 is 0. The number of esters is 1. The van der Waals surface area contributed by atoms with Crippen molar-refractivity contribution < 1.29 is 9.53 Å². The molecule has 0 radical (unpaired) electrons. The van der Waals surface area contributed by atoms with Gasteiger partial charge in [-0.1, -0.05) is 44.2 Å². The van der Waals surface area contributed by atoms with E-state index in [4.69, 9.17) is 9.72 Å². The molecular weight excluding hydrogens is 464 g/mol. The molecule has 1 aromatic heterocycles. The van der Waals surface area contributed by atoms with Crippen LogP contribution in [0.15, 0.2) is 29.1 Å². The highest BCUT2D eigenvalue weighted by Gasteiger charge is 2.44. The molecule has 0 N–H and O–H groups in total. The van der Waals surface area contributed by atoms with Gasteiger partial charge in [0.25, 0.3) is 5.56 Å². The fourth-order valence-electron chi connectivity index (χ4n) is 7.93. The first-order chi connectivity index (χ1) is 18.1. The van der Waals surface area contributed by atoms with Crippen molar-refractivity contribution in [2.45, 2.75) is 108 Å². The lowest BCUT2D eigenvalue weighted by Crippen LogP contribution is -2.50. The van der Waals surface area contributed by atoms with Crippen LogP contribution in [0.4, 0.5) is 5.82 Å². The van der Waals surface area contributed by atoms with Crippen LogP contribution in [0.5, 0.6) is 0 Å². The number of anilines is 1. The molecule has 1 aliphatic carbocycles. The Labute approximate surface area is 220 Å². The van der Waals surface area contributed by atoms with E-state index in [1.54, 1.807) is 0 Å². The molecule has 4 fully saturated rings. The van der Waals surface area contributed by atoms with Crippen LogP contribution in [-0.4, -0.2) is 58.7 Å². The quantitative estimate of drug-likeness (QED) is 0.540. The Hall–Kier alpha value is -2.41. The van der Waals surface area contributed by atoms with Crippen molar-refractivity contribution in [1.29, 1.82) is 0 Å². The molecule has 6 rings (SSSR count).